The maximum Gasteiger partial charge on any atom is 0.335 e. The summed E-state index contributed by atoms with van der Waals surface area (Å²) in [4.78, 5) is 23.5. The lowest BCUT2D eigenvalue weighted by Crippen LogP contribution is -2.40. The average Bonchev–Trinajstić information content (AvgIpc) is 2.55. The summed E-state index contributed by atoms with van der Waals surface area (Å²) in [6, 6.07) is 14.0. The minimum Gasteiger partial charge on any atom is -0.478 e. The van der Waals surface area contributed by atoms with Crippen LogP contribution < -0.4 is 5.32 Å². The molecular formula is C19H20ClNO3. The van der Waals surface area contributed by atoms with E-state index in [4.69, 9.17) is 16.7 Å². The van der Waals surface area contributed by atoms with E-state index in [1.807, 2.05) is 32.0 Å². The van der Waals surface area contributed by atoms with E-state index in [-0.39, 0.29) is 11.5 Å². The summed E-state index contributed by atoms with van der Waals surface area (Å²) in [7, 11) is 0. The summed E-state index contributed by atoms with van der Waals surface area (Å²) in [5, 5.41) is 12.5. The highest BCUT2D eigenvalue weighted by molar-refractivity contribution is 6.30. The Morgan fingerprint density at radius 3 is 2.50 bits per heavy atom. The van der Waals surface area contributed by atoms with Crippen LogP contribution in [0.1, 0.15) is 35.3 Å². The Labute approximate surface area is 146 Å². The number of hydrogen-bond donors (Lipinski definition) is 2. The molecule has 0 heterocycles. The molecule has 4 nitrogen and oxygen atoms in total. The molecule has 0 bridgehead atoms. The first-order chi connectivity index (χ1) is 11.3. The SMILES string of the molecule is CC(C)(C(=O)NCCc1cccc(C(=O)O)c1)c1cccc(Cl)c1. The van der Waals surface area contributed by atoms with Crippen LogP contribution in [0.15, 0.2) is 48.5 Å². The number of aromatic carboxylic acids is 1. The van der Waals surface area contributed by atoms with Crippen molar-refractivity contribution in [1.82, 2.24) is 5.32 Å². The minimum atomic E-state index is -0.956. The van der Waals surface area contributed by atoms with Crippen molar-refractivity contribution in [2.24, 2.45) is 0 Å². The van der Waals surface area contributed by atoms with Gasteiger partial charge in [-0.3, -0.25) is 4.79 Å². The first kappa shape index (κ1) is 18.0. The quantitative estimate of drug-likeness (QED) is 0.839. The maximum atomic E-state index is 12.5. The topological polar surface area (TPSA) is 66.4 Å². The molecule has 0 saturated carbocycles. The summed E-state index contributed by atoms with van der Waals surface area (Å²) in [5.41, 5.74) is 1.27. The fourth-order valence-electron chi connectivity index (χ4n) is 2.41. The van der Waals surface area contributed by atoms with Crippen LogP contribution in [-0.2, 0) is 16.6 Å². The number of carboxylic acids is 1. The molecule has 2 N–H and O–H groups in total. The molecule has 0 aromatic heterocycles. The summed E-state index contributed by atoms with van der Waals surface area (Å²) in [5.74, 6) is -1.05. The van der Waals surface area contributed by atoms with Gasteiger partial charge in [-0.05, 0) is 55.7 Å². The van der Waals surface area contributed by atoms with E-state index in [0.29, 0.717) is 18.0 Å². The van der Waals surface area contributed by atoms with Crippen molar-refractivity contribution in [3.63, 3.8) is 0 Å². The average molecular weight is 346 g/mol. The van der Waals surface area contributed by atoms with E-state index < -0.39 is 11.4 Å². The van der Waals surface area contributed by atoms with Gasteiger partial charge in [-0.15, -0.1) is 0 Å². The third kappa shape index (κ3) is 4.36. The van der Waals surface area contributed by atoms with E-state index in [9.17, 15) is 9.59 Å². The van der Waals surface area contributed by atoms with Crippen LogP contribution in [0.2, 0.25) is 5.02 Å². The van der Waals surface area contributed by atoms with Crippen LogP contribution >= 0.6 is 11.6 Å². The molecule has 0 aliphatic heterocycles. The van der Waals surface area contributed by atoms with Gasteiger partial charge < -0.3 is 10.4 Å². The van der Waals surface area contributed by atoms with Gasteiger partial charge in [0.25, 0.3) is 0 Å². The Hall–Kier alpha value is -2.33. The fraction of sp³-hybridized carbons (Fsp3) is 0.263. The summed E-state index contributed by atoms with van der Waals surface area (Å²) >= 11 is 6.00. The van der Waals surface area contributed by atoms with Gasteiger partial charge in [0.2, 0.25) is 5.91 Å². The zero-order chi connectivity index (χ0) is 17.7. The van der Waals surface area contributed by atoms with Crippen LogP contribution in [0.4, 0.5) is 0 Å². The highest BCUT2D eigenvalue weighted by Gasteiger charge is 2.29. The molecule has 24 heavy (non-hydrogen) atoms. The number of rotatable bonds is 6. The first-order valence-electron chi connectivity index (χ1n) is 7.67. The largest absolute Gasteiger partial charge is 0.478 e. The summed E-state index contributed by atoms with van der Waals surface area (Å²) < 4.78 is 0. The zero-order valence-corrected chi connectivity index (χ0v) is 14.4. The molecule has 0 aliphatic carbocycles. The Morgan fingerprint density at radius 1 is 1.12 bits per heavy atom. The van der Waals surface area contributed by atoms with Gasteiger partial charge in [0, 0.05) is 11.6 Å². The highest BCUT2D eigenvalue weighted by Crippen LogP contribution is 2.25. The molecule has 2 aromatic rings. The Morgan fingerprint density at radius 2 is 1.83 bits per heavy atom. The van der Waals surface area contributed by atoms with E-state index >= 15 is 0 Å². The van der Waals surface area contributed by atoms with Gasteiger partial charge in [0.1, 0.15) is 0 Å². The molecule has 0 spiro atoms. The number of hydrogen-bond acceptors (Lipinski definition) is 2. The standard InChI is InChI=1S/C19H20ClNO3/c1-19(2,15-7-4-8-16(20)12-15)18(24)21-10-9-13-5-3-6-14(11-13)17(22)23/h3-8,11-12H,9-10H2,1-2H3,(H,21,24)(H,22,23). The molecule has 0 aliphatic rings. The number of carbonyl (C=O) groups is 2. The van der Waals surface area contributed by atoms with Gasteiger partial charge in [0.05, 0.1) is 11.0 Å². The molecule has 1 amide bonds. The van der Waals surface area contributed by atoms with E-state index in [1.54, 1.807) is 30.3 Å². The number of amides is 1. The van der Waals surface area contributed by atoms with E-state index in [1.165, 1.54) is 0 Å². The van der Waals surface area contributed by atoms with Crippen molar-refractivity contribution < 1.29 is 14.7 Å². The predicted molar refractivity (Wildman–Crippen MR) is 94.6 cm³/mol. The van der Waals surface area contributed by atoms with Gasteiger partial charge >= 0.3 is 5.97 Å². The van der Waals surface area contributed by atoms with Crippen molar-refractivity contribution in [3.05, 3.63) is 70.2 Å². The first-order valence-corrected chi connectivity index (χ1v) is 8.05. The number of benzene rings is 2. The van der Waals surface area contributed by atoms with Crippen molar-refractivity contribution in [2.45, 2.75) is 25.7 Å². The Bertz CT molecular complexity index is 756. The van der Waals surface area contributed by atoms with Gasteiger partial charge in [-0.2, -0.15) is 0 Å². The summed E-state index contributed by atoms with van der Waals surface area (Å²) in [6.07, 6.45) is 0.568. The van der Waals surface area contributed by atoms with Gasteiger partial charge in [-0.1, -0.05) is 35.9 Å². The molecule has 126 valence electrons. The maximum absolute atomic E-state index is 12.5. The van der Waals surface area contributed by atoms with Crippen molar-refractivity contribution in [3.8, 4) is 0 Å². The van der Waals surface area contributed by atoms with Crippen LogP contribution in [0.3, 0.4) is 0 Å². The molecule has 0 saturated heterocycles. The van der Waals surface area contributed by atoms with Gasteiger partial charge in [-0.25, -0.2) is 4.79 Å². The molecule has 0 atom stereocenters. The van der Waals surface area contributed by atoms with E-state index in [2.05, 4.69) is 5.32 Å². The molecule has 2 rings (SSSR count). The normalized spacial score (nSPS) is 11.1. The van der Waals surface area contributed by atoms with Crippen LogP contribution in [0, 0.1) is 0 Å². The molecule has 5 heteroatoms. The molecule has 0 fully saturated rings. The van der Waals surface area contributed by atoms with Crippen LogP contribution in [0.25, 0.3) is 0 Å². The van der Waals surface area contributed by atoms with Crippen LogP contribution in [0.5, 0.6) is 0 Å². The molecule has 0 radical (unpaired) electrons. The zero-order valence-electron chi connectivity index (χ0n) is 13.7. The second-order valence-corrected chi connectivity index (χ2v) is 6.58. The van der Waals surface area contributed by atoms with Crippen molar-refractivity contribution >= 4 is 23.5 Å². The second-order valence-electron chi connectivity index (χ2n) is 6.15. The van der Waals surface area contributed by atoms with Crippen LogP contribution in [-0.4, -0.2) is 23.5 Å². The third-order valence-corrected chi connectivity index (χ3v) is 4.22. The smallest absolute Gasteiger partial charge is 0.335 e. The molecule has 0 unspecified atom stereocenters. The third-order valence-electron chi connectivity index (χ3n) is 3.99. The van der Waals surface area contributed by atoms with Crippen molar-refractivity contribution in [2.75, 3.05) is 6.54 Å². The Kier molecular flexibility index (Phi) is 5.62. The van der Waals surface area contributed by atoms with Gasteiger partial charge in [0.15, 0.2) is 0 Å². The lowest BCUT2D eigenvalue weighted by molar-refractivity contribution is -0.125. The number of nitrogens with one attached hydrogen (secondary N) is 1. The monoisotopic (exact) mass is 345 g/mol. The molecular weight excluding hydrogens is 326 g/mol. The minimum absolute atomic E-state index is 0.0980. The lowest BCUT2D eigenvalue weighted by Gasteiger charge is -2.24. The summed E-state index contributed by atoms with van der Waals surface area (Å²) in [6.45, 7) is 4.13. The number of halogens is 1. The molecule has 2 aromatic carbocycles. The van der Waals surface area contributed by atoms with Crippen molar-refractivity contribution in [1.29, 1.82) is 0 Å². The predicted octanol–water partition coefficient (Wildman–Crippen LogP) is 3.67. The lowest BCUT2D eigenvalue weighted by atomic mass is 9.83. The fourth-order valence-corrected chi connectivity index (χ4v) is 2.60. The number of carbonyl (C=O) groups excluding carboxylic acids is 1. The highest BCUT2D eigenvalue weighted by atomic mass is 35.5. The van der Waals surface area contributed by atoms with E-state index in [0.717, 1.165) is 11.1 Å². The second kappa shape index (κ2) is 7.49. The number of carboxylic acid groups (broad SMARTS) is 1. The Balaban J connectivity index is 1.98.